The zero-order chi connectivity index (χ0) is 24.9. The zero-order valence-electron chi connectivity index (χ0n) is 18.9. The van der Waals surface area contributed by atoms with Crippen LogP contribution in [0, 0.1) is 0 Å². The third-order valence-electron chi connectivity index (χ3n) is 5.35. The molecular formula is C28H20ClN3O3S. The first-order valence-electron chi connectivity index (χ1n) is 11.1. The van der Waals surface area contributed by atoms with Gasteiger partial charge in [0, 0.05) is 11.1 Å². The first-order chi connectivity index (χ1) is 17.5. The average Bonchev–Trinajstić information content (AvgIpc) is 3.34. The predicted octanol–water partition coefficient (Wildman–Crippen LogP) is 6.85. The second-order valence-corrected chi connectivity index (χ2v) is 8.70. The molecule has 0 atom stereocenters. The number of ether oxygens (including phenoxy) is 1. The van der Waals surface area contributed by atoms with Gasteiger partial charge in [0.2, 0.25) is 5.89 Å². The Morgan fingerprint density at radius 1 is 0.944 bits per heavy atom. The van der Waals surface area contributed by atoms with Crippen molar-refractivity contribution in [1.82, 2.24) is 10.3 Å². The van der Waals surface area contributed by atoms with Crippen LogP contribution in [-0.4, -0.2) is 16.0 Å². The SMILES string of the molecule is O=C(NC(=S)Nc1cc(-c2nc3ccccc3o2)ccc1Cl)c1ccc(OCc2ccccc2)cc1. The highest BCUT2D eigenvalue weighted by molar-refractivity contribution is 7.80. The monoisotopic (exact) mass is 513 g/mol. The van der Waals surface area contributed by atoms with Crippen molar-refractivity contribution in [2.24, 2.45) is 0 Å². The zero-order valence-corrected chi connectivity index (χ0v) is 20.5. The second kappa shape index (κ2) is 10.6. The van der Waals surface area contributed by atoms with Gasteiger partial charge in [0.05, 0.1) is 10.7 Å². The van der Waals surface area contributed by atoms with Crippen LogP contribution in [0.1, 0.15) is 15.9 Å². The molecule has 178 valence electrons. The van der Waals surface area contributed by atoms with E-state index in [2.05, 4.69) is 15.6 Å². The van der Waals surface area contributed by atoms with Crippen LogP contribution in [-0.2, 0) is 6.61 Å². The number of hydrogen-bond donors (Lipinski definition) is 2. The van der Waals surface area contributed by atoms with E-state index in [0.717, 1.165) is 16.6 Å². The maximum Gasteiger partial charge on any atom is 0.257 e. The molecule has 2 N–H and O–H groups in total. The van der Waals surface area contributed by atoms with Crippen molar-refractivity contribution in [1.29, 1.82) is 0 Å². The van der Waals surface area contributed by atoms with Crippen LogP contribution in [0.15, 0.2) is 101 Å². The summed E-state index contributed by atoms with van der Waals surface area (Å²) in [6, 6.07) is 29.5. The number of amides is 1. The lowest BCUT2D eigenvalue weighted by atomic mass is 10.2. The third kappa shape index (κ3) is 5.54. The Bertz CT molecular complexity index is 1500. The van der Waals surface area contributed by atoms with E-state index < -0.39 is 0 Å². The van der Waals surface area contributed by atoms with Crippen LogP contribution in [0.5, 0.6) is 5.75 Å². The van der Waals surface area contributed by atoms with Gasteiger partial charge in [-0.15, -0.1) is 0 Å². The molecule has 1 amide bonds. The number of halogens is 1. The van der Waals surface area contributed by atoms with Crippen LogP contribution < -0.4 is 15.4 Å². The van der Waals surface area contributed by atoms with E-state index >= 15 is 0 Å². The molecule has 0 aliphatic rings. The Labute approximate surface area is 217 Å². The molecular weight excluding hydrogens is 494 g/mol. The van der Waals surface area contributed by atoms with Gasteiger partial charge in [-0.1, -0.05) is 54.1 Å². The van der Waals surface area contributed by atoms with Gasteiger partial charge < -0.3 is 14.5 Å². The van der Waals surface area contributed by atoms with Gasteiger partial charge in [-0.2, -0.15) is 0 Å². The van der Waals surface area contributed by atoms with Gasteiger partial charge in [0.15, 0.2) is 10.7 Å². The van der Waals surface area contributed by atoms with E-state index in [4.69, 9.17) is 33.0 Å². The van der Waals surface area contributed by atoms with Gasteiger partial charge in [-0.05, 0) is 72.4 Å². The van der Waals surface area contributed by atoms with Crippen molar-refractivity contribution >= 4 is 51.6 Å². The van der Waals surface area contributed by atoms with Gasteiger partial charge >= 0.3 is 0 Å². The molecule has 6 nitrogen and oxygen atoms in total. The summed E-state index contributed by atoms with van der Waals surface area (Å²) < 4.78 is 11.6. The minimum atomic E-state index is -0.353. The number of nitrogens with one attached hydrogen (secondary N) is 2. The van der Waals surface area contributed by atoms with Crippen LogP contribution in [0.4, 0.5) is 5.69 Å². The largest absolute Gasteiger partial charge is 0.489 e. The third-order valence-corrected chi connectivity index (χ3v) is 5.88. The Morgan fingerprint density at radius 2 is 1.69 bits per heavy atom. The van der Waals surface area contributed by atoms with Crippen molar-refractivity contribution in [2.75, 3.05) is 5.32 Å². The maximum absolute atomic E-state index is 12.7. The molecule has 0 aliphatic heterocycles. The van der Waals surface area contributed by atoms with Crippen molar-refractivity contribution in [3.63, 3.8) is 0 Å². The van der Waals surface area contributed by atoms with Gasteiger partial charge in [0.1, 0.15) is 17.9 Å². The number of thiocarbonyl (C=S) groups is 1. The molecule has 5 aromatic rings. The van der Waals surface area contributed by atoms with E-state index in [-0.39, 0.29) is 11.0 Å². The summed E-state index contributed by atoms with van der Waals surface area (Å²) in [6.45, 7) is 0.448. The fraction of sp³-hybridized carbons (Fsp3) is 0.0357. The molecule has 0 saturated heterocycles. The van der Waals surface area contributed by atoms with E-state index in [1.807, 2.05) is 54.6 Å². The van der Waals surface area contributed by atoms with Gasteiger partial charge in [0.25, 0.3) is 5.91 Å². The Kier molecular flexibility index (Phi) is 6.93. The molecule has 0 aliphatic carbocycles. The highest BCUT2D eigenvalue weighted by Crippen LogP contribution is 2.30. The number of fused-ring (bicyclic) bond motifs is 1. The number of carbonyl (C=O) groups is 1. The molecule has 1 aromatic heterocycles. The van der Waals surface area contributed by atoms with Crippen LogP contribution >= 0.6 is 23.8 Å². The lowest BCUT2D eigenvalue weighted by Crippen LogP contribution is -2.34. The summed E-state index contributed by atoms with van der Waals surface area (Å²) in [7, 11) is 0. The molecule has 4 aromatic carbocycles. The van der Waals surface area contributed by atoms with Crippen molar-refractivity contribution in [3.8, 4) is 17.2 Å². The van der Waals surface area contributed by atoms with E-state index in [0.29, 0.717) is 40.1 Å². The molecule has 0 bridgehead atoms. The summed E-state index contributed by atoms with van der Waals surface area (Å²) in [5, 5.41) is 6.20. The number of hydrogen-bond acceptors (Lipinski definition) is 5. The summed E-state index contributed by atoms with van der Waals surface area (Å²) in [5.41, 5.74) is 4.20. The van der Waals surface area contributed by atoms with Crippen molar-refractivity contribution in [2.45, 2.75) is 6.61 Å². The average molecular weight is 514 g/mol. The summed E-state index contributed by atoms with van der Waals surface area (Å²) in [4.78, 5) is 17.2. The lowest BCUT2D eigenvalue weighted by molar-refractivity contribution is 0.0977. The first-order valence-corrected chi connectivity index (χ1v) is 11.9. The molecule has 8 heteroatoms. The predicted molar refractivity (Wildman–Crippen MR) is 145 cm³/mol. The molecule has 0 fully saturated rings. The van der Waals surface area contributed by atoms with Gasteiger partial charge in [-0.3, -0.25) is 10.1 Å². The first kappa shape index (κ1) is 23.5. The fourth-order valence-electron chi connectivity index (χ4n) is 3.52. The van der Waals surface area contributed by atoms with Crippen LogP contribution in [0.25, 0.3) is 22.6 Å². The van der Waals surface area contributed by atoms with Crippen LogP contribution in [0.2, 0.25) is 5.02 Å². The number of oxazole rings is 1. The molecule has 0 spiro atoms. The van der Waals surface area contributed by atoms with E-state index in [9.17, 15) is 4.79 Å². The van der Waals surface area contributed by atoms with Crippen molar-refractivity contribution in [3.05, 3.63) is 113 Å². The Balaban J connectivity index is 1.21. The standard InChI is InChI=1S/C28H20ClN3O3S/c29-22-15-12-20(27-30-23-8-4-5-9-25(23)35-27)16-24(22)31-28(36)32-26(33)19-10-13-21(14-11-19)34-17-18-6-2-1-3-7-18/h1-16H,17H2,(H2,31,32,33,36). The number of aromatic nitrogens is 1. The quantitative estimate of drug-likeness (QED) is 0.242. The molecule has 5 rings (SSSR count). The number of benzene rings is 4. The summed E-state index contributed by atoms with van der Waals surface area (Å²) in [5.74, 6) is 0.771. The normalized spacial score (nSPS) is 10.7. The smallest absolute Gasteiger partial charge is 0.257 e. The van der Waals surface area contributed by atoms with Gasteiger partial charge in [-0.25, -0.2) is 4.98 Å². The number of anilines is 1. The topological polar surface area (TPSA) is 76.4 Å². The van der Waals surface area contributed by atoms with Crippen LogP contribution in [0.3, 0.4) is 0 Å². The summed E-state index contributed by atoms with van der Waals surface area (Å²) >= 11 is 11.7. The maximum atomic E-state index is 12.7. The minimum absolute atomic E-state index is 0.112. The molecule has 0 unspecified atom stereocenters. The Morgan fingerprint density at radius 3 is 2.47 bits per heavy atom. The molecule has 0 saturated carbocycles. The molecule has 36 heavy (non-hydrogen) atoms. The van der Waals surface area contributed by atoms with Crippen molar-refractivity contribution < 1.29 is 13.9 Å². The second-order valence-electron chi connectivity index (χ2n) is 7.89. The summed E-state index contributed by atoms with van der Waals surface area (Å²) in [6.07, 6.45) is 0. The highest BCUT2D eigenvalue weighted by atomic mass is 35.5. The number of para-hydroxylation sites is 2. The van der Waals surface area contributed by atoms with E-state index in [1.165, 1.54) is 0 Å². The lowest BCUT2D eigenvalue weighted by Gasteiger charge is -2.12. The Hall–Kier alpha value is -4.20. The number of rotatable bonds is 6. The highest BCUT2D eigenvalue weighted by Gasteiger charge is 2.13. The molecule has 0 radical (unpaired) electrons. The fourth-order valence-corrected chi connectivity index (χ4v) is 3.89. The molecule has 1 heterocycles. The number of nitrogens with zero attached hydrogens (tertiary/aromatic N) is 1. The minimum Gasteiger partial charge on any atom is -0.489 e. The van der Waals surface area contributed by atoms with E-state index in [1.54, 1.807) is 42.5 Å². The number of carbonyl (C=O) groups excluding carboxylic acids is 1.